The van der Waals surface area contributed by atoms with Crippen molar-refractivity contribution in [1.82, 2.24) is 5.32 Å². The van der Waals surface area contributed by atoms with E-state index in [1.807, 2.05) is 6.08 Å². The summed E-state index contributed by atoms with van der Waals surface area (Å²) in [6, 6.07) is -0.956. The number of ether oxygens (including phenoxy) is 4. The van der Waals surface area contributed by atoms with Crippen molar-refractivity contribution in [3.63, 3.8) is 0 Å². The maximum absolute atomic E-state index is 13.3. The van der Waals surface area contributed by atoms with Gasteiger partial charge in [-0.05, 0) is 96.3 Å². The van der Waals surface area contributed by atoms with Gasteiger partial charge in [0.25, 0.3) is 0 Å². The quantitative estimate of drug-likeness (QED) is 0.0204. The Bertz CT molecular complexity index is 1840. The van der Waals surface area contributed by atoms with E-state index in [9.17, 15) is 45.6 Å². The van der Waals surface area contributed by atoms with Crippen LogP contribution >= 0.6 is 0 Å². The Kier molecular flexibility index (Phi) is 50.1. The Hall–Kier alpha value is -3.35. The molecule has 2 heterocycles. The molecule has 85 heavy (non-hydrogen) atoms. The molecule has 2 aliphatic rings. The van der Waals surface area contributed by atoms with Gasteiger partial charge in [-0.3, -0.25) is 4.79 Å². The van der Waals surface area contributed by atoms with Crippen LogP contribution in [0.4, 0.5) is 0 Å². The predicted octanol–water partition coefficient (Wildman–Crippen LogP) is 13.2. The Morgan fingerprint density at radius 1 is 0.435 bits per heavy atom. The zero-order valence-corrected chi connectivity index (χ0v) is 52.8. The molecule has 2 aliphatic heterocycles. The summed E-state index contributed by atoms with van der Waals surface area (Å²) < 4.78 is 22.8. The summed E-state index contributed by atoms with van der Waals surface area (Å²) in [6.45, 7) is 2.66. The van der Waals surface area contributed by atoms with E-state index in [-0.39, 0.29) is 18.9 Å². The highest BCUT2D eigenvalue weighted by Crippen LogP contribution is 2.30. The van der Waals surface area contributed by atoms with E-state index in [0.29, 0.717) is 12.8 Å². The van der Waals surface area contributed by atoms with Crippen molar-refractivity contribution in [2.24, 2.45) is 0 Å². The highest BCUT2D eigenvalue weighted by Gasteiger charge is 2.51. The first-order valence-electron chi connectivity index (χ1n) is 33.6. The second kappa shape index (κ2) is 54.8. The van der Waals surface area contributed by atoms with Gasteiger partial charge in [-0.2, -0.15) is 0 Å². The van der Waals surface area contributed by atoms with E-state index in [1.165, 1.54) is 103 Å². The molecule has 0 radical (unpaired) electrons. The number of aliphatic hydroxyl groups excluding tert-OH is 8. The Morgan fingerprint density at radius 2 is 0.824 bits per heavy atom. The third-order valence-electron chi connectivity index (χ3n) is 15.7. The predicted molar refractivity (Wildman–Crippen MR) is 345 cm³/mol. The van der Waals surface area contributed by atoms with Gasteiger partial charge in [0.15, 0.2) is 12.6 Å². The molecule has 488 valence electrons. The van der Waals surface area contributed by atoms with Crippen LogP contribution in [0.5, 0.6) is 0 Å². The van der Waals surface area contributed by atoms with Crippen LogP contribution in [-0.2, 0) is 23.7 Å². The lowest BCUT2D eigenvalue weighted by Crippen LogP contribution is -2.65. The highest BCUT2D eigenvalue weighted by atomic mass is 16.7. The van der Waals surface area contributed by atoms with Crippen molar-refractivity contribution in [3.8, 4) is 0 Å². The molecule has 0 aromatic rings. The monoisotopic (exact) mass is 1200 g/mol. The molecular formula is C71H121NO13. The van der Waals surface area contributed by atoms with Crippen molar-refractivity contribution in [2.45, 2.75) is 312 Å². The summed E-state index contributed by atoms with van der Waals surface area (Å²) in [4.78, 5) is 13.3. The number of aliphatic hydroxyl groups is 8. The third-order valence-corrected chi connectivity index (χ3v) is 15.7. The fourth-order valence-electron chi connectivity index (χ4n) is 10.3. The maximum atomic E-state index is 13.3. The standard InChI is InChI=1S/C71H121NO13/c1-3-5-7-9-11-13-15-17-19-21-23-25-27-29-31-32-34-36-38-40-42-44-46-48-50-52-54-60(75)59(58-82-70-68(81)66(79)69(62(57-74)84-70)85-71-67(80)65(78)64(77)61(56-73)83-71)72-63(76)55-53-51-49-47-45-43-41-39-37-35-33-30-28-26-24-22-20-18-16-14-12-10-8-6-4-2/h6,8,12,14,18,20,24,26,30,33,36-39,44,46,52,54,59-62,64-71,73-75,77-81H,3-5,7,9-11,13,15-17,19,21-23,25,27-29,31-32,34-35,40-43,45,47-51,53,55-58H2,1-2H3,(H,72,76)/b8-6-,14-12-,20-18-,26-24-,33-30-,38-36+,39-37-,46-44+,54-52+. The lowest BCUT2D eigenvalue weighted by atomic mass is 9.97. The molecule has 9 N–H and O–H groups in total. The van der Waals surface area contributed by atoms with E-state index >= 15 is 0 Å². The van der Waals surface area contributed by atoms with Crippen LogP contribution in [0.15, 0.2) is 109 Å². The van der Waals surface area contributed by atoms with E-state index < -0.39 is 86.8 Å². The molecular weight excluding hydrogens is 1070 g/mol. The molecule has 0 bridgehead atoms. The van der Waals surface area contributed by atoms with Gasteiger partial charge in [0.1, 0.15) is 48.8 Å². The lowest BCUT2D eigenvalue weighted by molar-refractivity contribution is -0.359. The van der Waals surface area contributed by atoms with Crippen LogP contribution in [0.3, 0.4) is 0 Å². The van der Waals surface area contributed by atoms with Crippen LogP contribution in [0, 0.1) is 0 Å². The van der Waals surface area contributed by atoms with Gasteiger partial charge in [-0.1, -0.05) is 245 Å². The van der Waals surface area contributed by atoms with Crippen LogP contribution in [0.25, 0.3) is 0 Å². The molecule has 14 nitrogen and oxygen atoms in total. The van der Waals surface area contributed by atoms with Gasteiger partial charge in [0.2, 0.25) is 5.91 Å². The molecule has 0 saturated carbocycles. The molecule has 12 atom stereocenters. The van der Waals surface area contributed by atoms with Gasteiger partial charge in [0.05, 0.1) is 32.0 Å². The Morgan fingerprint density at radius 3 is 1.29 bits per heavy atom. The van der Waals surface area contributed by atoms with E-state index in [1.54, 1.807) is 6.08 Å². The summed E-state index contributed by atoms with van der Waals surface area (Å²) in [5.74, 6) is -0.271. The molecule has 12 unspecified atom stereocenters. The minimum Gasteiger partial charge on any atom is -0.394 e. The Labute approximate surface area is 515 Å². The summed E-state index contributed by atoms with van der Waals surface area (Å²) in [6.07, 6.45) is 61.3. The lowest BCUT2D eigenvalue weighted by Gasteiger charge is -2.46. The fraction of sp³-hybridized carbons (Fsp3) is 0.732. The largest absolute Gasteiger partial charge is 0.394 e. The van der Waals surface area contributed by atoms with E-state index in [2.05, 4.69) is 116 Å². The molecule has 2 fully saturated rings. The number of unbranched alkanes of at least 4 members (excludes halogenated alkanes) is 24. The van der Waals surface area contributed by atoms with Gasteiger partial charge >= 0.3 is 0 Å². The first-order chi connectivity index (χ1) is 41.6. The summed E-state index contributed by atoms with van der Waals surface area (Å²) >= 11 is 0. The van der Waals surface area contributed by atoms with Crippen molar-refractivity contribution in [3.05, 3.63) is 109 Å². The topological polar surface area (TPSA) is 228 Å². The van der Waals surface area contributed by atoms with Gasteiger partial charge in [-0.15, -0.1) is 0 Å². The smallest absolute Gasteiger partial charge is 0.220 e. The number of rotatable bonds is 53. The van der Waals surface area contributed by atoms with Crippen LogP contribution in [0.2, 0.25) is 0 Å². The molecule has 14 heteroatoms. The SMILES string of the molecule is CC/C=C\C/C=C\C/C=C\C/C=C\C/C=C\C/C=C\CCCCCCCCC(=O)NC(COC1OC(CO)C(OC2OC(CO)C(O)C(O)C2O)C(O)C1O)C(O)/C=C/CC/C=C/CC/C=C/CCCCCCCCCCCCCCCCCC. The maximum Gasteiger partial charge on any atom is 0.220 e. The van der Waals surface area contributed by atoms with Gasteiger partial charge in [0, 0.05) is 6.42 Å². The van der Waals surface area contributed by atoms with Crippen molar-refractivity contribution in [1.29, 1.82) is 0 Å². The van der Waals surface area contributed by atoms with Gasteiger partial charge < -0.3 is 65.1 Å². The molecule has 0 aromatic heterocycles. The first-order valence-corrected chi connectivity index (χ1v) is 33.6. The van der Waals surface area contributed by atoms with E-state index in [0.717, 1.165) is 103 Å². The number of amides is 1. The average Bonchev–Trinajstić information content (AvgIpc) is 3.29. The summed E-state index contributed by atoms with van der Waals surface area (Å²) in [5.41, 5.74) is 0. The fourth-order valence-corrected chi connectivity index (χ4v) is 10.3. The third kappa shape index (κ3) is 39.3. The van der Waals surface area contributed by atoms with Crippen molar-refractivity contribution < 1.29 is 64.6 Å². The minimum atomic E-state index is -1.80. The minimum absolute atomic E-state index is 0.246. The summed E-state index contributed by atoms with van der Waals surface area (Å²) in [5, 5.41) is 87.3. The second-order valence-corrected chi connectivity index (χ2v) is 23.2. The summed E-state index contributed by atoms with van der Waals surface area (Å²) in [7, 11) is 0. The van der Waals surface area contributed by atoms with E-state index in [4.69, 9.17) is 18.9 Å². The van der Waals surface area contributed by atoms with Crippen LogP contribution in [0.1, 0.15) is 239 Å². The molecule has 0 aliphatic carbocycles. The highest BCUT2D eigenvalue weighted by molar-refractivity contribution is 5.76. The number of hydrogen-bond acceptors (Lipinski definition) is 13. The zero-order valence-electron chi connectivity index (χ0n) is 52.8. The average molecular weight is 1200 g/mol. The zero-order chi connectivity index (χ0) is 61.6. The number of allylic oxidation sites excluding steroid dienone is 17. The van der Waals surface area contributed by atoms with Crippen LogP contribution < -0.4 is 5.32 Å². The number of nitrogens with one attached hydrogen (secondary N) is 1. The van der Waals surface area contributed by atoms with Gasteiger partial charge in [-0.25, -0.2) is 0 Å². The van der Waals surface area contributed by atoms with Crippen molar-refractivity contribution >= 4 is 5.91 Å². The molecule has 0 aromatic carbocycles. The molecule has 2 saturated heterocycles. The first kappa shape index (κ1) is 77.7. The Balaban J connectivity index is 1.75. The molecule has 1 amide bonds. The normalized spacial score (nSPS) is 24.3. The number of carbonyl (C=O) groups excluding carboxylic acids is 1. The number of carbonyl (C=O) groups is 1. The number of hydrogen-bond donors (Lipinski definition) is 9. The second-order valence-electron chi connectivity index (χ2n) is 23.2. The van der Waals surface area contributed by atoms with Crippen molar-refractivity contribution in [2.75, 3.05) is 19.8 Å². The molecule has 0 spiro atoms. The van der Waals surface area contributed by atoms with Crippen LogP contribution in [-0.4, -0.2) is 140 Å². The molecule has 2 rings (SSSR count).